The number of aromatic nitrogens is 5. The highest BCUT2D eigenvalue weighted by Crippen LogP contribution is 2.38. The molecule has 4 aromatic rings. The van der Waals surface area contributed by atoms with Gasteiger partial charge in [-0.2, -0.15) is 5.10 Å². The molecule has 2 aromatic carbocycles. The third-order valence-electron chi connectivity index (χ3n) is 5.40. The van der Waals surface area contributed by atoms with E-state index in [-0.39, 0.29) is 11.7 Å². The van der Waals surface area contributed by atoms with E-state index in [0.717, 1.165) is 40.8 Å². The maximum atomic E-state index is 12.8. The van der Waals surface area contributed by atoms with Crippen molar-refractivity contribution < 1.29 is 4.79 Å². The van der Waals surface area contributed by atoms with E-state index in [0.29, 0.717) is 11.9 Å². The molecule has 0 atom stereocenters. The first-order valence-corrected chi connectivity index (χ1v) is 11.6. The van der Waals surface area contributed by atoms with Gasteiger partial charge in [-0.3, -0.25) is 4.79 Å². The van der Waals surface area contributed by atoms with Crippen LogP contribution in [-0.4, -0.2) is 36.2 Å². The predicted molar refractivity (Wildman–Crippen MR) is 126 cm³/mol. The van der Waals surface area contributed by atoms with Gasteiger partial charge in [-0.15, -0.1) is 10.2 Å². The maximum Gasteiger partial charge on any atom is 0.236 e. The minimum absolute atomic E-state index is 0.106. The Morgan fingerprint density at radius 2 is 1.81 bits per heavy atom. The molecule has 0 aliphatic heterocycles. The maximum absolute atomic E-state index is 12.8. The number of carbonyl (C=O) groups is 1. The van der Waals surface area contributed by atoms with Crippen molar-refractivity contribution in [2.45, 2.75) is 37.9 Å². The number of benzene rings is 2. The van der Waals surface area contributed by atoms with Crippen molar-refractivity contribution in [2.75, 3.05) is 11.1 Å². The molecule has 1 aliphatic carbocycles. The monoisotopic (exact) mass is 444 g/mol. The summed E-state index contributed by atoms with van der Waals surface area (Å²) in [5.74, 6) is 1.69. The summed E-state index contributed by atoms with van der Waals surface area (Å²) < 4.78 is 3.91. The van der Waals surface area contributed by atoms with Crippen molar-refractivity contribution in [1.82, 2.24) is 24.5 Å². The summed E-state index contributed by atoms with van der Waals surface area (Å²) in [5.41, 5.74) is 3.89. The second kappa shape index (κ2) is 8.63. The molecule has 0 unspecified atom stereocenters. The van der Waals surface area contributed by atoms with Gasteiger partial charge in [-0.1, -0.05) is 59.8 Å². The first kappa shape index (κ1) is 20.5. The number of nitrogens with one attached hydrogen (secondary N) is 1. The molecule has 0 radical (unpaired) electrons. The van der Waals surface area contributed by atoms with E-state index in [1.54, 1.807) is 4.68 Å². The third kappa shape index (κ3) is 4.31. The van der Waals surface area contributed by atoms with Crippen LogP contribution in [0.4, 0.5) is 5.82 Å². The molecule has 1 aliphatic rings. The van der Waals surface area contributed by atoms with E-state index in [4.69, 9.17) is 5.10 Å². The molecule has 162 valence electrons. The Morgan fingerprint density at radius 1 is 1.06 bits per heavy atom. The van der Waals surface area contributed by atoms with Crippen molar-refractivity contribution in [3.05, 3.63) is 72.1 Å². The van der Waals surface area contributed by atoms with Gasteiger partial charge in [-0.05, 0) is 38.8 Å². The molecular weight excluding hydrogens is 420 g/mol. The van der Waals surface area contributed by atoms with Gasteiger partial charge in [0.1, 0.15) is 11.6 Å². The number of aryl methyl sites for hydroxylation is 2. The minimum atomic E-state index is -0.106. The zero-order valence-electron chi connectivity index (χ0n) is 18.0. The molecule has 1 fully saturated rings. The lowest BCUT2D eigenvalue weighted by Crippen LogP contribution is -2.17. The molecule has 7 nitrogen and oxygen atoms in total. The van der Waals surface area contributed by atoms with E-state index in [1.165, 1.54) is 17.3 Å². The Kier molecular flexibility index (Phi) is 5.53. The van der Waals surface area contributed by atoms with Crippen LogP contribution in [0.2, 0.25) is 0 Å². The van der Waals surface area contributed by atoms with Crippen LogP contribution in [0.1, 0.15) is 30.3 Å². The summed E-state index contributed by atoms with van der Waals surface area (Å²) in [4.78, 5) is 12.8. The van der Waals surface area contributed by atoms with Crippen LogP contribution in [0.25, 0.3) is 16.9 Å². The standard InChI is InChI=1S/C24H24N6OS/c1-16-8-10-18(11-9-16)21-14-22(30(28-21)20-6-4-3-5-7-20)25-23(31)15-32-24-27-26-17(2)29(24)19-12-13-19/h3-11,14,19H,12-13,15H2,1-2H3,(H,25,31). The Morgan fingerprint density at radius 3 is 2.53 bits per heavy atom. The second-order valence-electron chi connectivity index (χ2n) is 8.00. The lowest BCUT2D eigenvalue weighted by molar-refractivity contribution is -0.113. The number of nitrogens with zero attached hydrogens (tertiary/aromatic N) is 5. The summed E-state index contributed by atoms with van der Waals surface area (Å²) in [7, 11) is 0. The number of carbonyl (C=O) groups excluding carboxylic acids is 1. The van der Waals surface area contributed by atoms with E-state index in [1.807, 2.05) is 55.5 Å². The zero-order chi connectivity index (χ0) is 22.1. The Balaban J connectivity index is 1.37. The van der Waals surface area contributed by atoms with Crippen molar-refractivity contribution in [3.63, 3.8) is 0 Å². The van der Waals surface area contributed by atoms with Crippen molar-refractivity contribution >= 4 is 23.5 Å². The number of para-hydroxylation sites is 1. The summed E-state index contributed by atoms with van der Waals surface area (Å²) in [6.45, 7) is 4.02. The summed E-state index contributed by atoms with van der Waals surface area (Å²) in [6.07, 6.45) is 2.30. The van der Waals surface area contributed by atoms with E-state index >= 15 is 0 Å². The van der Waals surface area contributed by atoms with Gasteiger partial charge in [0.15, 0.2) is 5.16 Å². The fraction of sp³-hybridized carbons (Fsp3) is 0.250. The SMILES string of the molecule is Cc1ccc(-c2cc(NC(=O)CSc3nnc(C)n3C3CC3)n(-c3ccccc3)n2)cc1. The molecule has 0 saturated heterocycles. The summed E-state index contributed by atoms with van der Waals surface area (Å²) >= 11 is 1.42. The summed E-state index contributed by atoms with van der Waals surface area (Å²) in [5, 5.41) is 17.0. The van der Waals surface area contributed by atoms with E-state index in [2.05, 4.69) is 39.1 Å². The number of anilines is 1. The average Bonchev–Trinajstić information content (AvgIpc) is 3.45. The first-order valence-electron chi connectivity index (χ1n) is 10.6. The molecule has 0 spiro atoms. The van der Waals surface area contributed by atoms with Crippen LogP contribution in [-0.2, 0) is 4.79 Å². The lowest BCUT2D eigenvalue weighted by atomic mass is 10.1. The van der Waals surface area contributed by atoms with Gasteiger partial charge >= 0.3 is 0 Å². The molecule has 2 heterocycles. The van der Waals surface area contributed by atoms with Gasteiger partial charge in [-0.25, -0.2) is 4.68 Å². The van der Waals surface area contributed by atoms with Crippen LogP contribution >= 0.6 is 11.8 Å². The number of hydrogen-bond acceptors (Lipinski definition) is 5. The smallest absolute Gasteiger partial charge is 0.236 e. The molecule has 1 amide bonds. The summed E-state index contributed by atoms with van der Waals surface area (Å²) in [6, 6.07) is 20.4. The quantitative estimate of drug-likeness (QED) is 0.414. The van der Waals surface area contributed by atoms with Gasteiger partial charge < -0.3 is 9.88 Å². The first-order chi connectivity index (χ1) is 15.6. The highest BCUT2D eigenvalue weighted by atomic mass is 32.2. The third-order valence-corrected chi connectivity index (χ3v) is 6.35. The van der Waals surface area contributed by atoms with Crippen molar-refractivity contribution in [1.29, 1.82) is 0 Å². The van der Waals surface area contributed by atoms with Crippen LogP contribution in [0.3, 0.4) is 0 Å². The van der Waals surface area contributed by atoms with Gasteiger partial charge in [0.05, 0.1) is 17.1 Å². The lowest BCUT2D eigenvalue weighted by Gasteiger charge is -2.09. The molecule has 32 heavy (non-hydrogen) atoms. The topological polar surface area (TPSA) is 77.6 Å². The number of rotatable bonds is 7. The highest BCUT2D eigenvalue weighted by molar-refractivity contribution is 7.99. The van der Waals surface area contributed by atoms with Gasteiger partial charge in [0.25, 0.3) is 0 Å². The molecule has 1 saturated carbocycles. The van der Waals surface area contributed by atoms with Crippen LogP contribution in [0, 0.1) is 13.8 Å². The molecule has 5 rings (SSSR count). The van der Waals surface area contributed by atoms with Crippen LogP contribution in [0.5, 0.6) is 0 Å². The zero-order valence-corrected chi connectivity index (χ0v) is 18.8. The van der Waals surface area contributed by atoms with E-state index < -0.39 is 0 Å². The Labute approximate surface area is 190 Å². The number of amides is 1. The molecule has 1 N–H and O–H groups in total. The van der Waals surface area contributed by atoms with Crippen molar-refractivity contribution in [2.24, 2.45) is 0 Å². The average molecular weight is 445 g/mol. The van der Waals surface area contributed by atoms with Gasteiger partial charge in [0, 0.05) is 17.7 Å². The van der Waals surface area contributed by atoms with E-state index in [9.17, 15) is 4.79 Å². The largest absolute Gasteiger partial charge is 0.310 e. The fourth-order valence-corrected chi connectivity index (χ4v) is 4.46. The van der Waals surface area contributed by atoms with Crippen LogP contribution in [0.15, 0.2) is 65.8 Å². The molecule has 2 aromatic heterocycles. The van der Waals surface area contributed by atoms with Gasteiger partial charge in [0.2, 0.25) is 5.91 Å². The fourth-order valence-electron chi connectivity index (χ4n) is 3.61. The minimum Gasteiger partial charge on any atom is -0.310 e. The Hall–Kier alpha value is -3.39. The van der Waals surface area contributed by atoms with Crippen molar-refractivity contribution in [3.8, 4) is 16.9 Å². The second-order valence-corrected chi connectivity index (χ2v) is 8.94. The van der Waals surface area contributed by atoms with Crippen LogP contribution < -0.4 is 5.32 Å². The predicted octanol–water partition coefficient (Wildman–Crippen LogP) is 4.81. The molecule has 8 heteroatoms. The number of hydrogen-bond donors (Lipinski definition) is 1. The molecule has 0 bridgehead atoms. The highest BCUT2D eigenvalue weighted by Gasteiger charge is 2.28. The molecular formula is C24H24N6OS. The number of thioether (sulfide) groups is 1. The normalized spacial score (nSPS) is 13.3. The Bertz CT molecular complexity index is 1240.